The van der Waals surface area contributed by atoms with Gasteiger partial charge in [0.15, 0.2) is 11.0 Å². The number of aliphatic carboxylic acids is 1. The van der Waals surface area contributed by atoms with Gasteiger partial charge in [0.2, 0.25) is 0 Å². The van der Waals surface area contributed by atoms with Crippen molar-refractivity contribution in [2.75, 3.05) is 22.9 Å². The third-order valence-corrected chi connectivity index (χ3v) is 7.81. The molecule has 4 rings (SSSR count). The number of rotatable bonds is 10. The molecule has 0 aliphatic rings. The molecular weight excluding hydrogens is 532 g/mol. The van der Waals surface area contributed by atoms with Crippen molar-refractivity contribution in [3.8, 4) is 11.1 Å². The Balaban J connectivity index is 0.000000983. The summed E-state index contributed by atoms with van der Waals surface area (Å²) in [4.78, 5) is 31.6. The second-order valence-electron chi connectivity index (χ2n) is 8.38. The normalized spacial score (nSPS) is 11.2. The fraction of sp³-hybridized carbons (Fsp3) is 0.207. The number of carbonyl (C=O) groups excluding carboxylic acids is 1. The average molecular weight is 565 g/mol. The molecule has 204 valence electrons. The molecular formula is C29H32N4O4S2. The first kappa shape index (κ1) is 29.7. The zero-order chi connectivity index (χ0) is 28.2. The highest BCUT2D eigenvalue weighted by Crippen LogP contribution is 2.32. The Morgan fingerprint density at radius 1 is 1.08 bits per heavy atom. The Labute approximate surface area is 235 Å². The van der Waals surface area contributed by atoms with Gasteiger partial charge in [0.05, 0.1) is 29.1 Å². The van der Waals surface area contributed by atoms with E-state index in [1.54, 1.807) is 35.0 Å². The summed E-state index contributed by atoms with van der Waals surface area (Å²) in [6, 6.07) is 21.9. The van der Waals surface area contributed by atoms with E-state index < -0.39 is 29.4 Å². The first-order valence-electron chi connectivity index (χ1n) is 12.3. The molecule has 0 radical (unpaired) electrons. The first-order valence-corrected chi connectivity index (χ1v) is 14.8. The van der Waals surface area contributed by atoms with Gasteiger partial charge in [-0.2, -0.15) is 11.8 Å². The van der Waals surface area contributed by atoms with Crippen LogP contribution in [0.25, 0.3) is 11.1 Å². The average Bonchev–Trinajstić information content (AvgIpc) is 3.48. The lowest BCUT2D eigenvalue weighted by molar-refractivity contribution is -0.135. The highest BCUT2D eigenvalue weighted by atomic mass is 32.2. The topological polar surface area (TPSA) is 115 Å². The van der Waals surface area contributed by atoms with E-state index in [0.717, 1.165) is 16.8 Å². The second-order valence-corrected chi connectivity index (χ2v) is 10.9. The largest absolute Gasteiger partial charge is 0.480 e. The molecule has 1 atom stereocenters. The highest BCUT2D eigenvalue weighted by molar-refractivity contribution is 7.98. The summed E-state index contributed by atoms with van der Waals surface area (Å²) in [5, 5.41) is 11.4. The third kappa shape index (κ3) is 8.30. The molecule has 39 heavy (non-hydrogen) atoms. The number of hydrogen-bond donors (Lipinski definition) is 3. The summed E-state index contributed by atoms with van der Waals surface area (Å²) in [6.45, 7) is 3.86. The van der Waals surface area contributed by atoms with Crippen molar-refractivity contribution in [3.63, 3.8) is 0 Å². The number of imidazole rings is 1. The van der Waals surface area contributed by atoms with Crippen molar-refractivity contribution < 1.29 is 18.9 Å². The smallest absolute Gasteiger partial charge is 0.322 e. The number of carbonyl (C=O) groups is 2. The number of nitrogens with zero attached hydrogens (tertiary/aromatic N) is 2. The summed E-state index contributed by atoms with van der Waals surface area (Å²) in [5.74, 6) is -0.395. The molecule has 0 spiro atoms. The Morgan fingerprint density at radius 3 is 2.38 bits per heavy atom. The molecule has 4 aromatic rings. The van der Waals surface area contributed by atoms with Crippen LogP contribution in [0.15, 0.2) is 90.2 Å². The molecule has 0 aliphatic carbocycles. The lowest BCUT2D eigenvalue weighted by atomic mass is 9.98. The molecule has 0 fully saturated rings. The molecule has 1 unspecified atom stereocenters. The van der Waals surface area contributed by atoms with E-state index in [1.165, 1.54) is 5.75 Å². The Hall–Kier alpha value is -3.89. The van der Waals surface area contributed by atoms with Crippen molar-refractivity contribution in [2.24, 2.45) is 0 Å². The van der Waals surface area contributed by atoms with Gasteiger partial charge in [-0.1, -0.05) is 55.5 Å². The van der Waals surface area contributed by atoms with Crippen LogP contribution in [0.1, 0.15) is 28.5 Å². The maximum Gasteiger partial charge on any atom is 0.322 e. The molecule has 0 saturated carbocycles. The molecule has 0 aliphatic heterocycles. The molecule has 1 amide bonds. The van der Waals surface area contributed by atoms with Gasteiger partial charge in [-0.05, 0) is 59.9 Å². The van der Waals surface area contributed by atoms with E-state index >= 15 is 0 Å². The monoisotopic (exact) mass is 564 g/mol. The number of aromatic amines is 1. The van der Waals surface area contributed by atoms with E-state index in [0.29, 0.717) is 28.3 Å². The van der Waals surface area contributed by atoms with Crippen molar-refractivity contribution in [2.45, 2.75) is 25.3 Å². The first-order chi connectivity index (χ1) is 18.8. The van der Waals surface area contributed by atoms with Crippen LogP contribution < -0.4 is 9.62 Å². The van der Waals surface area contributed by atoms with Crippen LogP contribution >= 0.6 is 11.8 Å². The van der Waals surface area contributed by atoms with Gasteiger partial charge in [0.25, 0.3) is 5.91 Å². The zero-order valence-electron chi connectivity index (χ0n) is 22.1. The van der Waals surface area contributed by atoms with Gasteiger partial charge in [-0.15, -0.1) is 0 Å². The minimum Gasteiger partial charge on any atom is -0.480 e. The molecule has 3 N–H and O–H groups in total. The number of amides is 1. The number of H-pyrrole nitrogens is 1. The summed E-state index contributed by atoms with van der Waals surface area (Å²) < 4.78 is 15.5. The predicted octanol–water partition coefficient (Wildman–Crippen LogP) is 5.30. The van der Waals surface area contributed by atoms with Gasteiger partial charge < -0.3 is 15.4 Å². The number of thioether (sulfide) groups is 1. The minimum absolute atomic E-state index is 0.291. The van der Waals surface area contributed by atoms with E-state index in [2.05, 4.69) is 28.5 Å². The van der Waals surface area contributed by atoms with E-state index in [-0.39, 0.29) is 0 Å². The Morgan fingerprint density at radius 2 is 1.77 bits per heavy atom. The van der Waals surface area contributed by atoms with Crippen molar-refractivity contribution in [3.05, 3.63) is 102 Å². The van der Waals surface area contributed by atoms with E-state index in [4.69, 9.17) is 5.11 Å². The van der Waals surface area contributed by atoms with Crippen LogP contribution in [0.4, 0.5) is 5.69 Å². The summed E-state index contributed by atoms with van der Waals surface area (Å²) >= 11 is 1.86. The van der Waals surface area contributed by atoms with Crippen molar-refractivity contribution >= 4 is 40.3 Å². The maximum atomic E-state index is 13.8. The number of anilines is 1. The highest BCUT2D eigenvalue weighted by Gasteiger charge is 2.22. The van der Waals surface area contributed by atoms with Gasteiger partial charge in [0.1, 0.15) is 6.54 Å². The van der Waals surface area contributed by atoms with Gasteiger partial charge >= 0.3 is 5.97 Å². The van der Waals surface area contributed by atoms with Crippen LogP contribution in [0.3, 0.4) is 0 Å². The van der Waals surface area contributed by atoms with Crippen LogP contribution in [-0.2, 0) is 22.3 Å². The van der Waals surface area contributed by atoms with Crippen molar-refractivity contribution in [1.29, 1.82) is 0 Å². The fourth-order valence-electron chi connectivity index (χ4n) is 3.64. The van der Waals surface area contributed by atoms with Crippen LogP contribution in [-0.4, -0.2) is 49.7 Å². The standard InChI is InChI=1S/C26H24N4O4S.C3H8S/c1-18-7-5-6-10-24(18)35(34)30(16-20-14-27-17-29-20)21-11-12-22(26(33)28-15-25(31)32)23(13-21)19-8-3-2-4-9-19;1-3-4-2/h2-14,17H,15-16H2,1H3,(H,27,29)(H,28,33)(H,31,32);3H2,1-2H3. The van der Waals surface area contributed by atoms with Gasteiger partial charge in [0, 0.05) is 11.8 Å². The molecule has 3 aromatic carbocycles. The predicted molar refractivity (Wildman–Crippen MR) is 158 cm³/mol. The zero-order valence-corrected chi connectivity index (χ0v) is 23.7. The van der Waals surface area contributed by atoms with E-state index in [9.17, 15) is 13.8 Å². The third-order valence-electron chi connectivity index (χ3n) is 5.66. The SMILES string of the molecule is CCSC.Cc1ccccc1S(=O)N(Cc1cnc[nH]1)c1ccc(C(=O)NCC(=O)O)c(-c2ccccc2)c1. The number of aromatic nitrogens is 2. The van der Waals surface area contributed by atoms with E-state index in [1.807, 2.05) is 73.3 Å². The summed E-state index contributed by atoms with van der Waals surface area (Å²) in [5.41, 5.74) is 4.00. The lowest BCUT2D eigenvalue weighted by Crippen LogP contribution is -2.30. The molecule has 0 bridgehead atoms. The maximum absolute atomic E-state index is 13.8. The molecule has 10 heteroatoms. The van der Waals surface area contributed by atoms with Crippen LogP contribution in [0, 0.1) is 6.92 Å². The number of benzene rings is 3. The number of carboxylic acids is 1. The number of carboxylic acid groups (broad SMARTS) is 1. The number of hydrogen-bond acceptors (Lipinski definition) is 5. The van der Waals surface area contributed by atoms with Gasteiger partial charge in [-0.25, -0.2) is 9.19 Å². The molecule has 1 aromatic heterocycles. The lowest BCUT2D eigenvalue weighted by Gasteiger charge is -2.25. The fourth-order valence-corrected chi connectivity index (χ4v) is 4.97. The van der Waals surface area contributed by atoms with Crippen LogP contribution in [0.2, 0.25) is 0 Å². The Kier molecular flexibility index (Phi) is 11.3. The molecule has 0 saturated heterocycles. The van der Waals surface area contributed by atoms with Gasteiger partial charge in [-0.3, -0.25) is 13.9 Å². The summed E-state index contributed by atoms with van der Waals surface area (Å²) in [7, 11) is -1.55. The number of nitrogens with one attached hydrogen (secondary N) is 2. The number of aryl methyl sites for hydroxylation is 1. The second kappa shape index (κ2) is 14.9. The molecule has 1 heterocycles. The summed E-state index contributed by atoms with van der Waals surface area (Å²) in [6.07, 6.45) is 5.34. The Bertz CT molecular complexity index is 1390. The quantitative estimate of drug-likeness (QED) is 0.241. The minimum atomic E-state index is -1.55. The van der Waals surface area contributed by atoms with Crippen molar-refractivity contribution in [1.82, 2.24) is 15.3 Å². The molecule has 8 nitrogen and oxygen atoms in total. The van der Waals surface area contributed by atoms with Crippen LogP contribution in [0.5, 0.6) is 0 Å².